The molecule has 1 amide bonds. The molecule has 1 aliphatic rings. The van der Waals surface area contributed by atoms with Gasteiger partial charge in [0.15, 0.2) is 0 Å². The molecule has 0 aliphatic carbocycles. The summed E-state index contributed by atoms with van der Waals surface area (Å²) in [5.41, 5.74) is 0.874. The molecule has 3 heterocycles. The van der Waals surface area contributed by atoms with Crippen LogP contribution in [0.2, 0.25) is 0 Å². The lowest BCUT2D eigenvalue weighted by Crippen LogP contribution is -2.41. The Bertz CT molecular complexity index is 958. The van der Waals surface area contributed by atoms with E-state index < -0.39 is 6.04 Å². The van der Waals surface area contributed by atoms with Gasteiger partial charge in [0.25, 0.3) is 0 Å². The topological polar surface area (TPSA) is 67.2 Å². The van der Waals surface area contributed by atoms with Crippen LogP contribution in [-0.4, -0.2) is 62.1 Å². The van der Waals surface area contributed by atoms with Crippen LogP contribution in [0.3, 0.4) is 0 Å². The molecule has 3 aromatic rings. The third-order valence-corrected chi connectivity index (χ3v) is 6.30. The minimum Gasteiger partial charge on any atom is -0.339 e. The van der Waals surface area contributed by atoms with E-state index in [1.807, 2.05) is 4.90 Å². The highest BCUT2D eigenvalue weighted by molar-refractivity contribution is 7.09. The molecule has 1 fully saturated rings. The molecule has 0 unspecified atom stereocenters. The summed E-state index contributed by atoms with van der Waals surface area (Å²) in [6, 6.07) is 9.92. The molecule has 1 atom stereocenters. The monoisotopic (exact) mass is 428 g/mol. The van der Waals surface area contributed by atoms with E-state index in [1.165, 1.54) is 17.0 Å². The molecule has 1 saturated heterocycles. The fourth-order valence-electron chi connectivity index (χ4n) is 3.83. The van der Waals surface area contributed by atoms with Crippen molar-refractivity contribution in [2.75, 3.05) is 26.2 Å². The Labute approximate surface area is 179 Å². The van der Waals surface area contributed by atoms with E-state index in [0.29, 0.717) is 25.3 Å². The molecule has 2 aromatic heterocycles. The Morgan fingerprint density at radius 3 is 2.70 bits per heavy atom. The molecule has 0 radical (unpaired) electrons. The second-order valence-electron chi connectivity index (χ2n) is 7.55. The van der Waals surface area contributed by atoms with Crippen molar-refractivity contribution in [1.29, 1.82) is 0 Å². The highest BCUT2D eigenvalue weighted by Gasteiger charge is 2.30. The summed E-state index contributed by atoms with van der Waals surface area (Å²) in [6.45, 7) is 5.89. The van der Waals surface area contributed by atoms with E-state index in [9.17, 15) is 9.18 Å². The molecule has 158 valence electrons. The van der Waals surface area contributed by atoms with Crippen LogP contribution in [0.15, 0.2) is 41.8 Å². The summed E-state index contributed by atoms with van der Waals surface area (Å²) in [5, 5.41) is 13.8. The smallest absolute Gasteiger partial charge is 0.247 e. The molecule has 4 rings (SSSR count). The Balaban J connectivity index is 1.48. The second-order valence-corrected chi connectivity index (χ2v) is 8.58. The number of amides is 1. The number of hydrogen-bond donors (Lipinski definition) is 0. The number of benzene rings is 1. The Morgan fingerprint density at radius 2 is 2.00 bits per heavy atom. The lowest BCUT2D eigenvalue weighted by atomic mass is 10.0. The number of carbonyl (C=O) groups is 1. The first kappa shape index (κ1) is 20.6. The summed E-state index contributed by atoms with van der Waals surface area (Å²) >= 11 is 1.76. The number of aryl methyl sites for hydroxylation is 1. The fraction of sp³-hybridized carbons (Fsp3) is 0.429. The molecular weight excluding hydrogens is 403 g/mol. The zero-order chi connectivity index (χ0) is 20.9. The fourth-order valence-corrected chi connectivity index (χ4v) is 4.58. The average molecular weight is 429 g/mol. The predicted octanol–water partition coefficient (Wildman–Crippen LogP) is 2.70. The predicted molar refractivity (Wildman–Crippen MR) is 112 cm³/mol. The van der Waals surface area contributed by atoms with E-state index >= 15 is 0 Å². The summed E-state index contributed by atoms with van der Waals surface area (Å²) in [6.07, 6.45) is 1.34. The van der Waals surface area contributed by atoms with Crippen molar-refractivity contribution in [3.63, 3.8) is 0 Å². The molecule has 1 aliphatic heterocycles. The molecule has 1 aromatic carbocycles. The number of hydrogen-bond acceptors (Lipinski definition) is 6. The average Bonchev–Trinajstić information content (AvgIpc) is 3.34. The maximum absolute atomic E-state index is 13.5. The van der Waals surface area contributed by atoms with Crippen molar-refractivity contribution in [3.05, 3.63) is 63.9 Å². The minimum atomic E-state index is -0.547. The van der Waals surface area contributed by atoms with Crippen molar-refractivity contribution in [3.8, 4) is 0 Å². The van der Waals surface area contributed by atoms with Crippen LogP contribution in [0.5, 0.6) is 0 Å². The maximum Gasteiger partial charge on any atom is 0.247 e. The number of thiophene rings is 1. The highest BCUT2D eigenvalue weighted by Crippen LogP contribution is 2.20. The normalized spacial score (nSPS) is 16.4. The van der Waals surface area contributed by atoms with Crippen LogP contribution in [0, 0.1) is 12.7 Å². The van der Waals surface area contributed by atoms with E-state index in [4.69, 9.17) is 0 Å². The molecule has 9 heteroatoms. The van der Waals surface area contributed by atoms with Gasteiger partial charge in [-0.15, -0.1) is 16.4 Å². The van der Waals surface area contributed by atoms with Gasteiger partial charge in [-0.05, 0) is 52.9 Å². The van der Waals surface area contributed by atoms with Crippen molar-refractivity contribution in [2.45, 2.75) is 32.4 Å². The third kappa shape index (κ3) is 4.91. The van der Waals surface area contributed by atoms with Gasteiger partial charge < -0.3 is 4.90 Å². The maximum atomic E-state index is 13.5. The van der Waals surface area contributed by atoms with Gasteiger partial charge in [0.2, 0.25) is 5.91 Å². The molecule has 0 saturated carbocycles. The molecule has 0 bridgehead atoms. The lowest BCUT2D eigenvalue weighted by Gasteiger charge is -2.26. The van der Waals surface area contributed by atoms with Crippen LogP contribution in [0.4, 0.5) is 4.39 Å². The van der Waals surface area contributed by atoms with Crippen molar-refractivity contribution in [2.24, 2.45) is 0 Å². The first-order valence-electron chi connectivity index (χ1n) is 10.1. The van der Waals surface area contributed by atoms with Crippen LogP contribution < -0.4 is 0 Å². The van der Waals surface area contributed by atoms with Crippen molar-refractivity contribution in [1.82, 2.24) is 30.0 Å². The molecule has 0 N–H and O–H groups in total. The summed E-state index contributed by atoms with van der Waals surface area (Å²) in [4.78, 5) is 19.2. The Morgan fingerprint density at radius 1 is 1.17 bits per heavy atom. The van der Waals surface area contributed by atoms with Gasteiger partial charge in [-0.2, -0.15) is 0 Å². The van der Waals surface area contributed by atoms with Crippen LogP contribution >= 0.6 is 11.3 Å². The van der Waals surface area contributed by atoms with E-state index in [1.54, 1.807) is 35.1 Å². The van der Waals surface area contributed by atoms with Gasteiger partial charge in [-0.25, -0.2) is 9.07 Å². The Hall–Kier alpha value is -2.65. The van der Waals surface area contributed by atoms with Gasteiger partial charge in [-0.1, -0.05) is 18.2 Å². The van der Waals surface area contributed by atoms with Gasteiger partial charge in [-0.3, -0.25) is 9.69 Å². The van der Waals surface area contributed by atoms with Gasteiger partial charge in [0.1, 0.15) is 17.7 Å². The number of carbonyl (C=O) groups excluding carboxylic acids is 1. The molecule has 30 heavy (non-hydrogen) atoms. The summed E-state index contributed by atoms with van der Waals surface area (Å²) in [5.74, 6) is 0.302. The highest BCUT2D eigenvalue weighted by atomic mass is 32.1. The number of rotatable bonds is 6. The SMILES string of the molecule is Cc1nnnn1[C@@H](Cc1ccc(F)cc1)C(=O)N1CCCN(Cc2cccs2)CC1. The zero-order valence-corrected chi connectivity index (χ0v) is 17.8. The number of nitrogens with zero attached hydrogens (tertiary/aromatic N) is 6. The molecule has 0 spiro atoms. The number of aromatic nitrogens is 4. The standard InChI is InChI=1S/C21H25FN6OS/c1-16-23-24-25-28(16)20(14-17-5-7-18(22)8-6-17)21(29)27-10-3-9-26(11-12-27)15-19-4-2-13-30-19/h2,4-8,13,20H,3,9-12,14-15H2,1H3/t20-/m0/s1. The van der Waals surface area contributed by atoms with E-state index in [2.05, 4.69) is 37.9 Å². The van der Waals surface area contributed by atoms with Crippen LogP contribution in [-0.2, 0) is 17.8 Å². The van der Waals surface area contributed by atoms with Crippen LogP contribution in [0.25, 0.3) is 0 Å². The lowest BCUT2D eigenvalue weighted by molar-refractivity contribution is -0.135. The number of tetrazole rings is 1. The van der Waals surface area contributed by atoms with Crippen molar-refractivity contribution < 1.29 is 9.18 Å². The Kier molecular flexibility index (Phi) is 6.49. The third-order valence-electron chi connectivity index (χ3n) is 5.44. The van der Waals surface area contributed by atoms with E-state index in [-0.39, 0.29) is 11.7 Å². The summed E-state index contributed by atoms with van der Waals surface area (Å²) in [7, 11) is 0. The molecule has 7 nitrogen and oxygen atoms in total. The van der Waals surface area contributed by atoms with Crippen molar-refractivity contribution >= 4 is 17.2 Å². The minimum absolute atomic E-state index is 0.00713. The first-order valence-corrected chi connectivity index (χ1v) is 11.0. The largest absolute Gasteiger partial charge is 0.339 e. The van der Waals surface area contributed by atoms with Gasteiger partial charge in [0, 0.05) is 44.0 Å². The van der Waals surface area contributed by atoms with Gasteiger partial charge in [0.05, 0.1) is 0 Å². The second kappa shape index (κ2) is 9.44. The molecular formula is C21H25FN6OS. The quantitative estimate of drug-likeness (QED) is 0.604. The van der Waals surface area contributed by atoms with Crippen LogP contribution in [0.1, 0.15) is 28.7 Å². The van der Waals surface area contributed by atoms with E-state index in [0.717, 1.165) is 31.6 Å². The number of halogens is 1. The first-order chi connectivity index (χ1) is 14.6. The zero-order valence-electron chi connectivity index (χ0n) is 16.9. The van der Waals surface area contributed by atoms with Gasteiger partial charge >= 0.3 is 0 Å². The summed E-state index contributed by atoms with van der Waals surface area (Å²) < 4.78 is 14.9.